The third kappa shape index (κ3) is 4.08. The van der Waals surface area contributed by atoms with E-state index in [0.717, 1.165) is 16.8 Å². The minimum absolute atomic E-state index is 0.000787. The highest BCUT2D eigenvalue weighted by Gasteiger charge is 2.19. The molecule has 0 spiro atoms. The van der Waals surface area contributed by atoms with E-state index in [0.29, 0.717) is 17.1 Å². The Labute approximate surface area is 165 Å². The number of hydrogen-bond donors (Lipinski definition) is 1. The summed E-state index contributed by atoms with van der Waals surface area (Å²) in [5.41, 5.74) is 3.37. The van der Waals surface area contributed by atoms with Crippen molar-refractivity contribution in [2.75, 3.05) is 6.61 Å². The van der Waals surface area contributed by atoms with Gasteiger partial charge in [0.1, 0.15) is 17.6 Å². The maximum Gasteiger partial charge on any atom is 0.145 e. The zero-order valence-electron chi connectivity index (χ0n) is 16.7. The maximum atomic E-state index is 9.96. The average molecular weight is 375 g/mol. The number of aliphatic hydroxyl groups is 1. The van der Waals surface area contributed by atoms with E-state index in [1.807, 2.05) is 41.9 Å². The van der Waals surface area contributed by atoms with Gasteiger partial charge in [0.2, 0.25) is 0 Å². The van der Waals surface area contributed by atoms with Crippen LogP contribution in [0, 0.1) is 11.3 Å². The molecule has 144 valence electrons. The predicted molar refractivity (Wildman–Crippen MR) is 109 cm³/mol. The predicted octanol–water partition coefficient (Wildman–Crippen LogP) is 4.51. The maximum absolute atomic E-state index is 9.96. The van der Waals surface area contributed by atoms with Gasteiger partial charge >= 0.3 is 0 Å². The molecule has 0 aliphatic carbocycles. The lowest BCUT2D eigenvalue weighted by atomic mass is 9.87. The van der Waals surface area contributed by atoms with Crippen LogP contribution >= 0.6 is 0 Å². The van der Waals surface area contributed by atoms with Crippen LogP contribution in [-0.2, 0) is 12.5 Å². The SMILES string of the molecule is Cn1cncc1C(CO)c1ccc(C#N)c(Oc2cccc(C(C)(C)C)c2)c1. The lowest BCUT2D eigenvalue weighted by molar-refractivity contribution is 0.277. The molecule has 1 N–H and O–H groups in total. The fraction of sp³-hybridized carbons (Fsp3) is 0.304. The molecule has 5 nitrogen and oxygen atoms in total. The van der Waals surface area contributed by atoms with E-state index in [2.05, 4.69) is 37.9 Å². The van der Waals surface area contributed by atoms with Crippen LogP contribution in [0.25, 0.3) is 0 Å². The summed E-state index contributed by atoms with van der Waals surface area (Å²) < 4.78 is 7.97. The average Bonchev–Trinajstić information content (AvgIpc) is 3.08. The van der Waals surface area contributed by atoms with Gasteiger partial charge in [-0.15, -0.1) is 0 Å². The van der Waals surface area contributed by atoms with E-state index in [1.54, 1.807) is 18.6 Å². The van der Waals surface area contributed by atoms with Crippen molar-refractivity contribution in [3.8, 4) is 17.6 Å². The number of aromatic nitrogens is 2. The molecule has 28 heavy (non-hydrogen) atoms. The van der Waals surface area contributed by atoms with Gasteiger partial charge in [-0.25, -0.2) is 4.98 Å². The summed E-state index contributed by atoms with van der Waals surface area (Å²) in [6, 6.07) is 15.5. The second kappa shape index (κ2) is 7.87. The molecule has 0 fully saturated rings. The lowest BCUT2D eigenvalue weighted by Crippen LogP contribution is -2.11. The molecule has 0 aliphatic rings. The first-order valence-corrected chi connectivity index (χ1v) is 9.23. The fourth-order valence-electron chi connectivity index (χ4n) is 3.16. The van der Waals surface area contributed by atoms with Crippen molar-refractivity contribution in [1.29, 1.82) is 5.26 Å². The Kier molecular flexibility index (Phi) is 5.53. The largest absolute Gasteiger partial charge is 0.456 e. The number of nitriles is 1. The molecule has 3 rings (SSSR count). The second-order valence-electron chi connectivity index (χ2n) is 7.91. The van der Waals surface area contributed by atoms with Crippen LogP contribution in [0.4, 0.5) is 0 Å². The Bertz CT molecular complexity index is 1010. The van der Waals surface area contributed by atoms with Crippen LogP contribution in [0.1, 0.15) is 49.1 Å². The topological polar surface area (TPSA) is 71.1 Å². The number of imidazole rings is 1. The quantitative estimate of drug-likeness (QED) is 0.712. The zero-order valence-corrected chi connectivity index (χ0v) is 16.7. The second-order valence-corrected chi connectivity index (χ2v) is 7.91. The summed E-state index contributed by atoms with van der Waals surface area (Å²) in [5.74, 6) is 0.914. The zero-order chi connectivity index (χ0) is 20.3. The van der Waals surface area contributed by atoms with Crippen molar-refractivity contribution in [3.63, 3.8) is 0 Å². The van der Waals surface area contributed by atoms with Crippen molar-refractivity contribution in [2.24, 2.45) is 7.05 Å². The van der Waals surface area contributed by atoms with E-state index >= 15 is 0 Å². The van der Waals surface area contributed by atoms with E-state index < -0.39 is 0 Å². The number of ether oxygens (including phenoxy) is 1. The van der Waals surface area contributed by atoms with Gasteiger partial charge in [0, 0.05) is 24.9 Å². The summed E-state index contributed by atoms with van der Waals surface area (Å²) in [6.45, 7) is 6.37. The fourth-order valence-corrected chi connectivity index (χ4v) is 3.16. The van der Waals surface area contributed by atoms with Crippen LogP contribution in [0.2, 0.25) is 0 Å². The number of rotatable bonds is 5. The van der Waals surface area contributed by atoms with E-state index in [-0.39, 0.29) is 17.9 Å². The molecule has 0 bridgehead atoms. The van der Waals surface area contributed by atoms with Crippen molar-refractivity contribution >= 4 is 0 Å². The number of nitrogens with zero attached hydrogens (tertiary/aromatic N) is 3. The highest BCUT2D eigenvalue weighted by molar-refractivity contribution is 5.49. The number of aryl methyl sites for hydroxylation is 1. The van der Waals surface area contributed by atoms with E-state index in [4.69, 9.17) is 4.74 Å². The third-order valence-corrected chi connectivity index (χ3v) is 4.85. The van der Waals surface area contributed by atoms with Gasteiger partial charge in [-0.3, -0.25) is 0 Å². The number of hydrogen-bond acceptors (Lipinski definition) is 4. The first-order valence-electron chi connectivity index (χ1n) is 9.23. The Hall–Kier alpha value is -3.10. The van der Waals surface area contributed by atoms with Gasteiger partial charge in [0.25, 0.3) is 0 Å². The summed E-state index contributed by atoms with van der Waals surface area (Å²) in [5, 5.41) is 19.5. The Balaban J connectivity index is 1.99. The molecule has 5 heteroatoms. The van der Waals surface area contributed by atoms with E-state index in [9.17, 15) is 10.4 Å². The molecule has 1 heterocycles. The summed E-state index contributed by atoms with van der Waals surface area (Å²) in [7, 11) is 1.89. The summed E-state index contributed by atoms with van der Waals surface area (Å²) >= 11 is 0. The van der Waals surface area contributed by atoms with Crippen molar-refractivity contribution in [2.45, 2.75) is 32.1 Å². The highest BCUT2D eigenvalue weighted by atomic mass is 16.5. The van der Waals surface area contributed by atoms with Crippen LogP contribution in [-0.4, -0.2) is 21.3 Å². The van der Waals surface area contributed by atoms with Crippen molar-refractivity contribution < 1.29 is 9.84 Å². The first-order chi connectivity index (χ1) is 13.3. The molecule has 1 unspecified atom stereocenters. The van der Waals surface area contributed by atoms with Gasteiger partial charge in [0.15, 0.2) is 0 Å². The van der Waals surface area contributed by atoms with Crippen LogP contribution in [0.3, 0.4) is 0 Å². The molecule has 1 atom stereocenters. The van der Waals surface area contributed by atoms with Crippen LogP contribution < -0.4 is 4.74 Å². The number of aliphatic hydroxyl groups excluding tert-OH is 1. The van der Waals surface area contributed by atoms with Crippen LogP contribution in [0.15, 0.2) is 55.0 Å². The molecule has 0 aliphatic heterocycles. The number of benzene rings is 2. The minimum atomic E-state index is -0.247. The highest BCUT2D eigenvalue weighted by Crippen LogP contribution is 2.33. The van der Waals surface area contributed by atoms with Gasteiger partial charge in [-0.2, -0.15) is 5.26 Å². The van der Waals surface area contributed by atoms with Gasteiger partial charge in [-0.05, 0) is 40.8 Å². The standard InChI is InChI=1S/C23H25N3O2/c1-23(2,3)18-6-5-7-19(11-18)28-22-10-16(8-9-17(22)12-24)20(14-27)21-13-25-15-26(21)4/h5-11,13,15,20,27H,14H2,1-4H3. The smallest absolute Gasteiger partial charge is 0.145 e. The van der Waals surface area contributed by atoms with Gasteiger partial charge in [-0.1, -0.05) is 39.0 Å². The Morgan fingerprint density at radius 1 is 1.21 bits per heavy atom. The monoisotopic (exact) mass is 375 g/mol. The molecular formula is C23H25N3O2. The first kappa shape index (κ1) is 19.7. The Morgan fingerprint density at radius 3 is 2.61 bits per heavy atom. The molecule has 3 aromatic rings. The molecular weight excluding hydrogens is 350 g/mol. The molecule has 1 aromatic heterocycles. The normalized spacial score (nSPS) is 12.4. The molecule has 0 saturated heterocycles. The molecule has 0 radical (unpaired) electrons. The van der Waals surface area contributed by atoms with E-state index in [1.165, 1.54) is 0 Å². The molecule has 0 saturated carbocycles. The third-order valence-electron chi connectivity index (χ3n) is 4.85. The summed E-state index contributed by atoms with van der Waals surface area (Å²) in [4.78, 5) is 4.14. The molecule has 0 amide bonds. The van der Waals surface area contributed by atoms with Gasteiger partial charge < -0.3 is 14.4 Å². The minimum Gasteiger partial charge on any atom is -0.456 e. The van der Waals surface area contributed by atoms with Crippen LogP contribution in [0.5, 0.6) is 11.5 Å². The lowest BCUT2D eigenvalue weighted by Gasteiger charge is -2.20. The van der Waals surface area contributed by atoms with Crippen molar-refractivity contribution in [3.05, 3.63) is 77.4 Å². The van der Waals surface area contributed by atoms with Crippen molar-refractivity contribution in [1.82, 2.24) is 9.55 Å². The Morgan fingerprint density at radius 2 is 2.00 bits per heavy atom. The molecule has 2 aromatic carbocycles. The summed E-state index contributed by atoms with van der Waals surface area (Å²) in [6.07, 6.45) is 3.45. The van der Waals surface area contributed by atoms with Gasteiger partial charge in [0.05, 0.1) is 18.5 Å².